The summed E-state index contributed by atoms with van der Waals surface area (Å²) in [4.78, 5) is 2.18. The first-order chi connectivity index (χ1) is 5.13. The van der Waals surface area contributed by atoms with Crippen LogP contribution < -0.4 is 0 Å². The van der Waals surface area contributed by atoms with Gasteiger partial charge in [0.05, 0.1) is 0 Å². The van der Waals surface area contributed by atoms with E-state index in [2.05, 4.69) is 32.8 Å². The van der Waals surface area contributed by atoms with Crippen LogP contribution in [-0.4, -0.2) is 38.8 Å². The molecule has 0 aromatic carbocycles. The molecule has 0 aromatic rings. The molecule has 0 saturated carbocycles. The average Bonchev–Trinajstić information content (AvgIpc) is 1.85. The summed E-state index contributed by atoms with van der Waals surface area (Å²) < 4.78 is 5.42. The molecule has 0 saturated heterocycles. The topological polar surface area (TPSA) is 12.5 Å². The van der Waals surface area contributed by atoms with Crippen LogP contribution >= 0.6 is 0 Å². The zero-order chi connectivity index (χ0) is 8.69. The van der Waals surface area contributed by atoms with Gasteiger partial charge in [-0.3, -0.25) is 0 Å². The fraction of sp³-hybridized carbons (Fsp3) is 1.00. The van der Waals surface area contributed by atoms with E-state index in [1.807, 2.05) is 0 Å². The van der Waals surface area contributed by atoms with E-state index in [4.69, 9.17) is 4.74 Å². The van der Waals surface area contributed by atoms with Crippen LogP contribution in [0.2, 0.25) is 0 Å². The molecule has 2 nitrogen and oxygen atoms in total. The monoisotopic (exact) mass is 159 g/mol. The molecular formula is C9H21NO. The quantitative estimate of drug-likeness (QED) is 0.546. The van der Waals surface area contributed by atoms with E-state index < -0.39 is 0 Å². The molecule has 11 heavy (non-hydrogen) atoms. The Bertz CT molecular complexity index is 71.6. The highest BCUT2D eigenvalue weighted by Gasteiger charge is 1.94. The van der Waals surface area contributed by atoms with Crippen LogP contribution in [0.5, 0.6) is 0 Å². The molecule has 0 fully saturated rings. The maximum absolute atomic E-state index is 5.42. The van der Waals surface area contributed by atoms with Crippen molar-refractivity contribution < 1.29 is 4.74 Å². The molecule has 0 aliphatic heterocycles. The molecule has 0 heterocycles. The minimum atomic E-state index is 0.661. The van der Waals surface area contributed by atoms with E-state index in [9.17, 15) is 0 Å². The van der Waals surface area contributed by atoms with Crippen molar-refractivity contribution in [1.82, 2.24) is 4.90 Å². The Balaban J connectivity index is 2.91. The first-order valence-electron chi connectivity index (χ1n) is 4.35. The lowest BCUT2D eigenvalue weighted by atomic mass is 10.2. The standard InChI is InChI=1S/C9H21NO/c1-9(2)8-11-7-5-6-10(3)4/h9H,5-8H2,1-4H3. The Morgan fingerprint density at radius 2 is 1.91 bits per heavy atom. The van der Waals surface area contributed by atoms with Crippen molar-refractivity contribution in [2.24, 2.45) is 5.92 Å². The summed E-state index contributed by atoms with van der Waals surface area (Å²) in [5, 5.41) is 0. The van der Waals surface area contributed by atoms with Gasteiger partial charge in [0.2, 0.25) is 0 Å². The summed E-state index contributed by atoms with van der Waals surface area (Å²) in [7, 11) is 4.17. The van der Waals surface area contributed by atoms with Crippen LogP contribution in [0.3, 0.4) is 0 Å². The predicted octanol–water partition coefficient (Wildman–Crippen LogP) is 1.61. The lowest BCUT2D eigenvalue weighted by Crippen LogP contribution is -2.15. The second-order valence-corrected chi connectivity index (χ2v) is 3.63. The van der Waals surface area contributed by atoms with Crippen molar-refractivity contribution in [2.75, 3.05) is 33.9 Å². The number of hydrogen-bond donors (Lipinski definition) is 0. The van der Waals surface area contributed by atoms with Crippen molar-refractivity contribution in [1.29, 1.82) is 0 Å². The van der Waals surface area contributed by atoms with Crippen molar-refractivity contribution in [3.63, 3.8) is 0 Å². The maximum atomic E-state index is 5.42. The lowest BCUT2D eigenvalue weighted by Gasteiger charge is -2.10. The molecule has 68 valence electrons. The fourth-order valence-corrected chi connectivity index (χ4v) is 0.802. The van der Waals surface area contributed by atoms with Gasteiger partial charge in [-0.15, -0.1) is 0 Å². The minimum absolute atomic E-state index is 0.661. The second kappa shape index (κ2) is 6.62. The van der Waals surface area contributed by atoms with Gasteiger partial charge in [-0.25, -0.2) is 0 Å². The van der Waals surface area contributed by atoms with Crippen LogP contribution in [-0.2, 0) is 4.74 Å². The van der Waals surface area contributed by atoms with Crippen molar-refractivity contribution in [3.8, 4) is 0 Å². The van der Waals surface area contributed by atoms with E-state index in [0.29, 0.717) is 5.92 Å². The van der Waals surface area contributed by atoms with Gasteiger partial charge in [0, 0.05) is 13.2 Å². The highest BCUT2D eigenvalue weighted by molar-refractivity contribution is 4.44. The van der Waals surface area contributed by atoms with E-state index in [-0.39, 0.29) is 0 Å². The van der Waals surface area contributed by atoms with Gasteiger partial charge in [0.15, 0.2) is 0 Å². The maximum Gasteiger partial charge on any atom is 0.0489 e. The van der Waals surface area contributed by atoms with Crippen LogP contribution in [0, 0.1) is 5.92 Å². The Labute approximate surface area is 70.5 Å². The molecule has 0 spiro atoms. The first-order valence-corrected chi connectivity index (χ1v) is 4.35. The molecular weight excluding hydrogens is 138 g/mol. The molecule has 0 rings (SSSR count). The van der Waals surface area contributed by atoms with Gasteiger partial charge < -0.3 is 9.64 Å². The lowest BCUT2D eigenvalue weighted by molar-refractivity contribution is 0.103. The van der Waals surface area contributed by atoms with E-state index in [1.54, 1.807) is 0 Å². The molecule has 0 atom stereocenters. The van der Waals surface area contributed by atoms with E-state index in [0.717, 1.165) is 26.2 Å². The summed E-state index contributed by atoms with van der Waals surface area (Å²) in [6.07, 6.45) is 1.14. The molecule has 0 aliphatic carbocycles. The summed E-state index contributed by atoms with van der Waals surface area (Å²) >= 11 is 0. The highest BCUT2D eigenvalue weighted by Crippen LogP contribution is 1.93. The smallest absolute Gasteiger partial charge is 0.0489 e. The number of hydrogen-bond acceptors (Lipinski definition) is 2. The van der Waals surface area contributed by atoms with Crippen molar-refractivity contribution in [2.45, 2.75) is 20.3 Å². The van der Waals surface area contributed by atoms with Crippen LogP contribution in [0.1, 0.15) is 20.3 Å². The third-order valence-electron chi connectivity index (χ3n) is 1.35. The highest BCUT2D eigenvalue weighted by atomic mass is 16.5. The zero-order valence-electron chi connectivity index (χ0n) is 8.26. The zero-order valence-corrected chi connectivity index (χ0v) is 8.26. The minimum Gasteiger partial charge on any atom is -0.381 e. The number of nitrogens with zero attached hydrogens (tertiary/aromatic N) is 1. The summed E-state index contributed by atoms with van der Waals surface area (Å²) in [5.74, 6) is 0.661. The summed E-state index contributed by atoms with van der Waals surface area (Å²) in [6.45, 7) is 7.26. The van der Waals surface area contributed by atoms with Crippen molar-refractivity contribution in [3.05, 3.63) is 0 Å². The largest absolute Gasteiger partial charge is 0.381 e. The van der Waals surface area contributed by atoms with E-state index in [1.165, 1.54) is 0 Å². The van der Waals surface area contributed by atoms with Gasteiger partial charge in [0.25, 0.3) is 0 Å². The Kier molecular flexibility index (Phi) is 6.57. The molecule has 2 heteroatoms. The van der Waals surface area contributed by atoms with Gasteiger partial charge in [-0.2, -0.15) is 0 Å². The van der Waals surface area contributed by atoms with Gasteiger partial charge >= 0.3 is 0 Å². The van der Waals surface area contributed by atoms with Crippen LogP contribution in [0.25, 0.3) is 0 Å². The third kappa shape index (κ3) is 9.92. The Morgan fingerprint density at radius 3 is 2.36 bits per heavy atom. The van der Waals surface area contributed by atoms with Gasteiger partial charge in [-0.1, -0.05) is 13.8 Å². The van der Waals surface area contributed by atoms with E-state index >= 15 is 0 Å². The van der Waals surface area contributed by atoms with Crippen LogP contribution in [0.4, 0.5) is 0 Å². The first kappa shape index (κ1) is 10.9. The number of ether oxygens (including phenoxy) is 1. The molecule has 0 aliphatic rings. The number of rotatable bonds is 6. The van der Waals surface area contributed by atoms with Crippen molar-refractivity contribution >= 4 is 0 Å². The fourth-order valence-electron chi connectivity index (χ4n) is 0.802. The summed E-state index contributed by atoms with van der Waals surface area (Å²) in [6, 6.07) is 0. The Hall–Kier alpha value is -0.0800. The molecule has 0 radical (unpaired) electrons. The van der Waals surface area contributed by atoms with Crippen LogP contribution in [0.15, 0.2) is 0 Å². The predicted molar refractivity (Wildman–Crippen MR) is 48.8 cm³/mol. The second-order valence-electron chi connectivity index (χ2n) is 3.63. The van der Waals surface area contributed by atoms with Gasteiger partial charge in [0.1, 0.15) is 0 Å². The summed E-state index contributed by atoms with van der Waals surface area (Å²) in [5.41, 5.74) is 0. The molecule has 0 aromatic heterocycles. The molecule has 0 N–H and O–H groups in total. The average molecular weight is 159 g/mol. The SMILES string of the molecule is CC(C)COCCCN(C)C. The Morgan fingerprint density at radius 1 is 1.27 bits per heavy atom. The van der Waals surface area contributed by atoms with Gasteiger partial charge in [-0.05, 0) is 33.0 Å². The molecule has 0 amide bonds. The molecule has 0 bridgehead atoms. The third-order valence-corrected chi connectivity index (χ3v) is 1.35. The molecule has 0 unspecified atom stereocenters. The normalized spacial score (nSPS) is 11.5.